The Morgan fingerprint density at radius 1 is 1.63 bits per heavy atom. The van der Waals surface area contributed by atoms with E-state index in [0.717, 1.165) is 23.8 Å². The lowest BCUT2D eigenvalue weighted by Crippen LogP contribution is -2.47. The lowest BCUT2D eigenvalue weighted by atomic mass is 9.95. The van der Waals surface area contributed by atoms with Crippen molar-refractivity contribution < 1.29 is 13.9 Å². The number of aliphatic hydroxyl groups excluding tert-OH is 1. The van der Waals surface area contributed by atoms with Crippen molar-refractivity contribution in [3.63, 3.8) is 0 Å². The van der Waals surface area contributed by atoms with Crippen LogP contribution in [-0.4, -0.2) is 38.8 Å². The van der Waals surface area contributed by atoms with Gasteiger partial charge in [0.2, 0.25) is 0 Å². The van der Waals surface area contributed by atoms with E-state index < -0.39 is 6.55 Å². The Bertz CT molecular complexity index is 424. The Kier molecular flexibility index (Phi) is 4.20. The van der Waals surface area contributed by atoms with Crippen LogP contribution < -0.4 is 0 Å². The third-order valence-corrected chi connectivity index (χ3v) is 4.27. The van der Waals surface area contributed by atoms with Crippen molar-refractivity contribution in [3.05, 3.63) is 18.2 Å². The van der Waals surface area contributed by atoms with Crippen LogP contribution in [0.3, 0.4) is 0 Å². The number of halogens is 2. The number of alkyl halides is 2. The first-order chi connectivity index (χ1) is 8.98. The molecule has 2 atom stereocenters. The van der Waals surface area contributed by atoms with Gasteiger partial charge in [0.25, 0.3) is 0 Å². The molecule has 6 heteroatoms. The van der Waals surface area contributed by atoms with Crippen LogP contribution in [0.1, 0.15) is 38.6 Å². The zero-order chi connectivity index (χ0) is 14.0. The summed E-state index contributed by atoms with van der Waals surface area (Å²) in [6, 6.07) is 0. The number of likely N-dealkylation sites (N-methyl/N-ethyl adjacent to an activating group) is 1. The second kappa shape index (κ2) is 5.54. The molecular weight excluding hydrogens is 252 g/mol. The summed E-state index contributed by atoms with van der Waals surface area (Å²) in [6.07, 6.45) is 5.54. The van der Waals surface area contributed by atoms with Gasteiger partial charge in [0.05, 0.1) is 13.2 Å². The molecule has 0 aliphatic heterocycles. The number of imidazole rings is 1. The average Bonchev–Trinajstić information content (AvgIpc) is 2.96. The molecule has 1 aromatic heterocycles. The molecule has 0 unspecified atom stereocenters. The average molecular weight is 273 g/mol. The number of hydrogen-bond donors (Lipinski definition) is 1. The molecule has 1 aliphatic carbocycles. The van der Waals surface area contributed by atoms with E-state index in [1.807, 2.05) is 11.9 Å². The van der Waals surface area contributed by atoms with Gasteiger partial charge in [0, 0.05) is 17.9 Å². The van der Waals surface area contributed by atoms with Crippen LogP contribution in [-0.2, 0) is 6.54 Å². The standard InChI is InChI=1S/C13H21F2N3O/c1-10-3-4-13(7-10,9-19)17(2)8-11-16-5-6-18(11)12(14)15/h5-6,10,12,19H,3-4,7-9H2,1-2H3/t10-,13+/m0/s1. The van der Waals surface area contributed by atoms with E-state index >= 15 is 0 Å². The summed E-state index contributed by atoms with van der Waals surface area (Å²) in [7, 11) is 1.87. The minimum absolute atomic E-state index is 0.0588. The Balaban J connectivity index is 2.11. The van der Waals surface area contributed by atoms with Crippen molar-refractivity contribution in [1.29, 1.82) is 0 Å². The van der Waals surface area contributed by atoms with Crippen molar-refractivity contribution in [2.45, 2.75) is 44.8 Å². The largest absolute Gasteiger partial charge is 0.394 e. The molecule has 1 aliphatic rings. The first-order valence-electron chi connectivity index (χ1n) is 6.60. The lowest BCUT2D eigenvalue weighted by molar-refractivity contribution is 0.0331. The third kappa shape index (κ3) is 2.79. The minimum atomic E-state index is -2.57. The molecule has 4 nitrogen and oxygen atoms in total. The lowest BCUT2D eigenvalue weighted by Gasteiger charge is -2.37. The van der Waals surface area contributed by atoms with Crippen LogP contribution in [0.25, 0.3) is 0 Å². The summed E-state index contributed by atoms with van der Waals surface area (Å²) in [5.41, 5.74) is -0.293. The van der Waals surface area contributed by atoms with Crippen molar-refractivity contribution in [3.8, 4) is 0 Å². The Morgan fingerprint density at radius 3 is 2.89 bits per heavy atom. The van der Waals surface area contributed by atoms with Crippen molar-refractivity contribution >= 4 is 0 Å². The maximum atomic E-state index is 12.8. The molecule has 2 rings (SSSR count). The Labute approximate surface area is 112 Å². The van der Waals surface area contributed by atoms with E-state index in [1.54, 1.807) is 0 Å². The van der Waals surface area contributed by atoms with Gasteiger partial charge < -0.3 is 5.11 Å². The molecular formula is C13H21F2N3O. The van der Waals surface area contributed by atoms with Gasteiger partial charge in [0.1, 0.15) is 5.82 Å². The molecule has 0 amide bonds. The molecule has 0 bridgehead atoms. The molecule has 108 valence electrons. The quantitative estimate of drug-likeness (QED) is 0.894. The summed E-state index contributed by atoms with van der Waals surface area (Å²) in [6.45, 7) is -0.0300. The fourth-order valence-corrected chi connectivity index (χ4v) is 3.00. The van der Waals surface area contributed by atoms with E-state index in [2.05, 4.69) is 11.9 Å². The number of nitrogens with zero attached hydrogens (tertiary/aromatic N) is 3. The fourth-order valence-electron chi connectivity index (χ4n) is 3.00. The molecule has 0 aromatic carbocycles. The first-order valence-corrected chi connectivity index (χ1v) is 6.60. The molecule has 1 N–H and O–H groups in total. The summed E-state index contributed by atoms with van der Waals surface area (Å²) in [4.78, 5) is 5.96. The highest BCUT2D eigenvalue weighted by Gasteiger charge is 2.40. The van der Waals surface area contributed by atoms with Crippen molar-refractivity contribution in [2.75, 3.05) is 13.7 Å². The zero-order valence-electron chi connectivity index (χ0n) is 11.4. The normalized spacial score (nSPS) is 27.6. The molecule has 0 radical (unpaired) electrons. The maximum Gasteiger partial charge on any atom is 0.319 e. The van der Waals surface area contributed by atoms with Crippen LogP contribution >= 0.6 is 0 Å². The van der Waals surface area contributed by atoms with E-state index in [4.69, 9.17) is 0 Å². The first kappa shape index (κ1) is 14.4. The number of rotatable bonds is 5. The Morgan fingerprint density at radius 2 is 2.37 bits per heavy atom. The number of aliphatic hydroxyl groups is 1. The second-order valence-corrected chi connectivity index (χ2v) is 5.61. The highest BCUT2D eigenvalue weighted by atomic mass is 19.3. The van der Waals surface area contributed by atoms with E-state index in [1.165, 1.54) is 12.4 Å². The summed E-state index contributed by atoms with van der Waals surface area (Å²) in [5, 5.41) is 9.69. The van der Waals surface area contributed by atoms with Crippen molar-refractivity contribution in [1.82, 2.24) is 14.5 Å². The zero-order valence-corrected chi connectivity index (χ0v) is 11.4. The molecule has 0 saturated heterocycles. The topological polar surface area (TPSA) is 41.3 Å². The monoisotopic (exact) mass is 273 g/mol. The van der Waals surface area contributed by atoms with E-state index in [0.29, 0.717) is 18.3 Å². The number of hydrogen-bond acceptors (Lipinski definition) is 3. The van der Waals surface area contributed by atoms with Crippen LogP contribution in [0.5, 0.6) is 0 Å². The highest BCUT2D eigenvalue weighted by molar-refractivity contribution is 4.99. The molecule has 19 heavy (non-hydrogen) atoms. The second-order valence-electron chi connectivity index (χ2n) is 5.61. The smallest absolute Gasteiger partial charge is 0.319 e. The number of aromatic nitrogens is 2. The Hall–Kier alpha value is -1.01. The van der Waals surface area contributed by atoms with Gasteiger partial charge in [-0.2, -0.15) is 8.78 Å². The van der Waals surface area contributed by atoms with Gasteiger partial charge in [0.15, 0.2) is 0 Å². The van der Waals surface area contributed by atoms with Crippen LogP contribution in [0.15, 0.2) is 12.4 Å². The predicted octanol–water partition coefficient (Wildman–Crippen LogP) is 2.26. The predicted molar refractivity (Wildman–Crippen MR) is 67.8 cm³/mol. The van der Waals surface area contributed by atoms with E-state index in [9.17, 15) is 13.9 Å². The summed E-state index contributed by atoms with van der Waals surface area (Å²) < 4.78 is 26.4. The molecule has 1 aromatic rings. The maximum absolute atomic E-state index is 12.8. The fraction of sp³-hybridized carbons (Fsp3) is 0.769. The highest BCUT2D eigenvalue weighted by Crippen LogP contribution is 2.38. The molecule has 1 saturated carbocycles. The molecule has 1 heterocycles. The van der Waals surface area contributed by atoms with Crippen LogP contribution in [0.2, 0.25) is 0 Å². The van der Waals surface area contributed by atoms with Gasteiger partial charge in [-0.25, -0.2) is 4.98 Å². The van der Waals surface area contributed by atoms with Crippen molar-refractivity contribution in [2.24, 2.45) is 5.92 Å². The van der Waals surface area contributed by atoms with Gasteiger partial charge in [-0.3, -0.25) is 9.47 Å². The van der Waals surface area contributed by atoms with Crippen LogP contribution in [0.4, 0.5) is 8.78 Å². The minimum Gasteiger partial charge on any atom is -0.394 e. The van der Waals surface area contributed by atoms with Gasteiger partial charge >= 0.3 is 6.55 Å². The van der Waals surface area contributed by atoms with Gasteiger partial charge in [-0.15, -0.1) is 0 Å². The van der Waals surface area contributed by atoms with E-state index in [-0.39, 0.29) is 12.1 Å². The SMILES string of the molecule is C[C@H]1CC[C@@](CO)(N(C)Cc2nccn2C(F)F)C1. The van der Waals surface area contributed by atoms with Gasteiger partial charge in [-0.05, 0) is 32.2 Å². The summed E-state index contributed by atoms with van der Waals surface area (Å²) >= 11 is 0. The van der Waals surface area contributed by atoms with Crippen LogP contribution in [0, 0.1) is 5.92 Å². The molecule has 0 spiro atoms. The molecule has 1 fully saturated rings. The van der Waals surface area contributed by atoms with Gasteiger partial charge in [-0.1, -0.05) is 6.92 Å². The third-order valence-electron chi connectivity index (χ3n) is 4.27. The summed E-state index contributed by atoms with van der Waals surface area (Å²) in [5.74, 6) is 0.898.